The summed E-state index contributed by atoms with van der Waals surface area (Å²) in [4.78, 5) is 22.9. The van der Waals surface area contributed by atoms with Crippen LogP contribution in [-0.4, -0.2) is 23.1 Å². The van der Waals surface area contributed by atoms with Gasteiger partial charge in [0.2, 0.25) is 0 Å². The van der Waals surface area contributed by atoms with E-state index in [1.165, 1.54) is 24.3 Å². The second kappa shape index (κ2) is 3.96. The molecule has 4 nitrogen and oxygen atoms in total. The first-order valence-corrected chi connectivity index (χ1v) is 5.12. The molecule has 0 aliphatic carbocycles. The summed E-state index contributed by atoms with van der Waals surface area (Å²) in [5, 5.41) is 0. The fourth-order valence-electron chi connectivity index (χ4n) is 1.20. The number of rotatable bonds is 0. The minimum Gasteiger partial charge on any atom is -0.455 e. The van der Waals surface area contributed by atoms with Crippen LogP contribution in [-0.2, 0) is 9.47 Å². The van der Waals surface area contributed by atoms with E-state index in [1.807, 2.05) is 0 Å². The maximum atomic E-state index is 11.5. The number of fused-ring (bicyclic) bond motifs is 7. The first kappa shape index (κ1) is 11.2. The Hall–Kier alpha value is -1.26. The van der Waals surface area contributed by atoms with Crippen LogP contribution in [0.2, 0.25) is 0 Å². The minimum atomic E-state index is -1.86. The molecule has 0 aromatic heterocycles. The van der Waals surface area contributed by atoms with Crippen LogP contribution in [0.25, 0.3) is 0 Å². The quantitative estimate of drug-likeness (QED) is 0.530. The maximum absolute atomic E-state index is 11.5. The molecule has 0 saturated carbocycles. The molecule has 0 atom stereocenters. The molecule has 0 unspecified atom stereocenters. The van der Waals surface area contributed by atoms with E-state index < -0.39 is 23.1 Å². The summed E-state index contributed by atoms with van der Waals surface area (Å²) in [5.74, 6) is -1.25. The second-order valence-corrected chi connectivity index (χ2v) is 4.59. The number of carbonyl (C=O) groups is 2. The van der Waals surface area contributed by atoms with Crippen molar-refractivity contribution >= 4 is 35.1 Å². The van der Waals surface area contributed by atoms with E-state index in [2.05, 4.69) is 0 Å². The molecule has 2 bridgehead atoms. The predicted octanol–water partition coefficient (Wildman–Crippen LogP) is 2.15. The Kier molecular flexibility index (Phi) is 2.78. The topological polar surface area (TPSA) is 52.6 Å². The molecule has 0 amide bonds. The molecular formula is C10H6Cl2O4. The molecular weight excluding hydrogens is 255 g/mol. The fraction of sp³-hybridized carbons (Fsp3) is 0.200. The van der Waals surface area contributed by atoms with Gasteiger partial charge in [-0.2, -0.15) is 0 Å². The molecule has 2 aliphatic heterocycles. The molecule has 3 rings (SSSR count). The van der Waals surface area contributed by atoms with Crippen LogP contribution < -0.4 is 0 Å². The summed E-state index contributed by atoms with van der Waals surface area (Å²) in [6.45, 7) is -0.418. The highest BCUT2D eigenvalue weighted by atomic mass is 35.5. The van der Waals surface area contributed by atoms with Crippen molar-refractivity contribution in [2.75, 3.05) is 6.61 Å². The Morgan fingerprint density at radius 3 is 2.06 bits per heavy atom. The third-order valence-corrected chi connectivity index (χ3v) is 2.34. The molecule has 0 spiro atoms. The van der Waals surface area contributed by atoms with Crippen molar-refractivity contribution in [2.24, 2.45) is 0 Å². The van der Waals surface area contributed by atoms with Gasteiger partial charge >= 0.3 is 11.9 Å². The molecule has 0 N–H and O–H groups in total. The normalized spacial score (nSPS) is 18.9. The van der Waals surface area contributed by atoms with Crippen LogP contribution >= 0.6 is 23.2 Å². The monoisotopic (exact) mass is 260 g/mol. The summed E-state index contributed by atoms with van der Waals surface area (Å²) in [7, 11) is 0. The zero-order valence-corrected chi connectivity index (χ0v) is 9.42. The van der Waals surface area contributed by atoms with Crippen LogP contribution in [0.4, 0.5) is 0 Å². The van der Waals surface area contributed by atoms with Crippen molar-refractivity contribution in [3.8, 4) is 0 Å². The van der Waals surface area contributed by atoms with Gasteiger partial charge in [-0.1, -0.05) is 23.2 Å². The number of alkyl halides is 2. The zero-order chi connectivity index (χ0) is 11.8. The largest absolute Gasteiger partial charge is 0.455 e. The Labute approximate surface area is 101 Å². The molecule has 0 fully saturated rings. The molecule has 16 heavy (non-hydrogen) atoms. The molecule has 1 aromatic carbocycles. The first-order chi connectivity index (χ1) is 7.48. The lowest BCUT2D eigenvalue weighted by Gasteiger charge is -2.21. The predicted molar refractivity (Wildman–Crippen MR) is 56.6 cm³/mol. The van der Waals surface area contributed by atoms with E-state index in [4.69, 9.17) is 32.7 Å². The number of hydrogen-bond donors (Lipinski definition) is 0. The lowest BCUT2D eigenvalue weighted by Crippen LogP contribution is -2.30. The van der Waals surface area contributed by atoms with Gasteiger partial charge in [-0.05, 0) is 24.3 Å². The first-order valence-electron chi connectivity index (χ1n) is 4.36. The molecule has 1 aromatic rings. The maximum Gasteiger partial charge on any atom is 0.340 e. The van der Waals surface area contributed by atoms with Gasteiger partial charge in [0.1, 0.15) is 0 Å². The number of benzene rings is 1. The van der Waals surface area contributed by atoms with Crippen molar-refractivity contribution in [1.82, 2.24) is 0 Å². The minimum absolute atomic E-state index is 0.268. The highest BCUT2D eigenvalue weighted by Gasteiger charge is 2.32. The van der Waals surface area contributed by atoms with Crippen LogP contribution in [0.15, 0.2) is 24.3 Å². The smallest absolute Gasteiger partial charge is 0.340 e. The summed E-state index contributed by atoms with van der Waals surface area (Å²) >= 11 is 11.3. The van der Waals surface area contributed by atoms with Crippen molar-refractivity contribution in [3.05, 3.63) is 35.4 Å². The second-order valence-electron chi connectivity index (χ2n) is 3.18. The van der Waals surface area contributed by atoms with Crippen LogP contribution in [0.5, 0.6) is 0 Å². The zero-order valence-electron chi connectivity index (χ0n) is 7.91. The number of ether oxygens (including phenoxy) is 2. The standard InChI is InChI=1S/C10H6Cl2O4/c11-10(12)5-15-8(13)6-1-3-7(4-2-6)9(14)16-10/h1-4H,5H2. The number of esters is 2. The number of halogens is 2. The lowest BCUT2D eigenvalue weighted by atomic mass is 10.1. The van der Waals surface area contributed by atoms with Gasteiger partial charge in [-0.25, -0.2) is 9.59 Å². The van der Waals surface area contributed by atoms with Crippen molar-refractivity contribution < 1.29 is 19.1 Å². The Bertz CT molecular complexity index is 439. The lowest BCUT2D eigenvalue weighted by molar-refractivity contribution is 0.00801. The number of hydrogen-bond acceptors (Lipinski definition) is 4. The van der Waals surface area contributed by atoms with E-state index in [0.717, 1.165) is 0 Å². The average molecular weight is 261 g/mol. The van der Waals surface area contributed by atoms with E-state index in [9.17, 15) is 9.59 Å². The molecule has 0 saturated heterocycles. The molecule has 2 aliphatic rings. The van der Waals surface area contributed by atoms with Crippen LogP contribution in [0, 0.1) is 0 Å². The van der Waals surface area contributed by atoms with Crippen LogP contribution in [0.1, 0.15) is 20.7 Å². The Morgan fingerprint density at radius 1 is 1.00 bits per heavy atom. The molecule has 6 heteroatoms. The third-order valence-electron chi connectivity index (χ3n) is 1.97. The van der Waals surface area contributed by atoms with Gasteiger partial charge in [-0.15, -0.1) is 0 Å². The SMILES string of the molecule is O=C1OCC(Cl)(Cl)OC(=O)c2ccc1cc2. The van der Waals surface area contributed by atoms with Gasteiger partial charge < -0.3 is 9.47 Å². The van der Waals surface area contributed by atoms with Crippen LogP contribution in [0.3, 0.4) is 0 Å². The molecule has 2 heterocycles. The van der Waals surface area contributed by atoms with E-state index >= 15 is 0 Å². The number of carbonyl (C=O) groups excluding carboxylic acids is 2. The van der Waals surface area contributed by atoms with E-state index in [1.54, 1.807) is 0 Å². The van der Waals surface area contributed by atoms with E-state index in [-0.39, 0.29) is 5.56 Å². The van der Waals surface area contributed by atoms with Gasteiger partial charge in [0, 0.05) is 0 Å². The highest BCUT2D eigenvalue weighted by Crippen LogP contribution is 2.26. The van der Waals surface area contributed by atoms with Crippen molar-refractivity contribution in [3.63, 3.8) is 0 Å². The summed E-state index contributed by atoms with van der Waals surface area (Å²) in [5.41, 5.74) is 0.590. The van der Waals surface area contributed by atoms with Gasteiger partial charge in [0.25, 0.3) is 4.52 Å². The molecule has 0 radical (unpaired) electrons. The van der Waals surface area contributed by atoms with Gasteiger partial charge in [0.05, 0.1) is 11.1 Å². The Morgan fingerprint density at radius 2 is 1.50 bits per heavy atom. The Balaban J connectivity index is 2.42. The average Bonchev–Trinajstić information content (AvgIpc) is 2.25. The van der Waals surface area contributed by atoms with Crippen molar-refractivity contribution in [2.45, 2.75) is 4.52 Å². The summed E-state index contributed by atoms with van der Waals surface area (Å²) < 4.78 is 7.68. The molecule has 84 valence electrons. The van der Waals surface area contributed by atoms with Crippen molar-refractivity contribution in [1.29, 1.82) is 0 Å². The summed E-state index contributed by atoms with van der Waals surface area (Å²) in [6, 6.07) is 5.81. The third kappa shape index (κ3) is 2.28. The highest BCUT2D eigenvalue weighted by molar-refractivity contribution is 6.48. The van der Waals surface area contributed by atoms with E-state index in [0.29, 0.717) is 5.56 Å². The summed E-state index contributed by atoms with van der Waals surface area (Å²) in [6.07, 6.45) is 0. The fourth-order valence-corrected chi connectivity index (χ4v) is 1.45. The van der Waals surface area contributed by atoms with Gasteiger partial charge in [0.15, 0.2) is 6.61 Å². The van der Waals surface area contributed by atoms with Gasteiger partial charge in [-0.3, -0.25) is 0 Å².